The van der Waals surface area contributed by atoms with E-state index in [4.69, 9.17) is 6.11 Å². The fourth-order valence-corrected chi connectivity index (χ4v) is 0.235. The zero-order valence-electron chi connectivity index (χ0n) is 4.11. The van der Waals surface area contributed by atoms with Gasteiger partial charge in [-0.1, -0.05) is 0 Å². The van der Waals surface area contributed by atoms with Crippen LogP contribution in [-0.2, 0) is 4.74 Å². The van der Waals surface area contributed by atoms with Crippen LogP contribution in [0.25, 0.3) is 0 Å². The summed E-state index contributed by atoms with van der Waals surface area (Å²) >= 11 is 0. The quantitative estimate of drug-likeness (QED) is 0.446. The van der Waals surface area contributed by atoms with Crippen molar-refractivity contribution in [1.29, 1.82) is 0 Å². The van der Waals surface area contributed by atoms with Crippen LogP contribution in [0.2, 0.25) is 0 Å². The van der Waals surface area contributed by atoms with E-state index in [1.54, 1.807) is 0 Å². The molecule has 0 aliphatic heterocycles. The van der Waals surface area contributed by atoms with Crippen LogP contribution < -0.4 is 0 Å². The van der Waals surface area contributed by atoms with Gasteiger partial charge in [-0.3, -0.25) is 0 Å². The van der Waals surface area contributed by atoms with Gasteiger partial charge in [0.2, 0.25) is 0 Å². The van der Waals surface area contributed by atoms with Gasteiger partial charge in [-0.05, 0) is 12.8 Å². The molecule has 0 aromatic heterocycles. The van der Waals surface area contributed by atoms with Crippen LogP contribution in [0.5, 0.6) is 0 Å². The van der Waals surface area contributed by atoms with Crippen LogP contribution >= 0.6 is 0 Å². The Bertz CT molecular complexity index is 42.8. The summed E-state index contributed by atoms with van der Waals surface area (Å²) in [5.41, 5.74) is 0. The van der Waals surface area contributed by atoms with Gasteiger partial charge in [-0.2, -0.15) is 0 Å². The molecule has 0 aromatic rings. The van der Waals surface area contributed by atoms with Gasteiger partial charge < -0.3 is 4.74 Å². The third kappa shape index (κ3) is 0.618. The molecule has 0 aromatic carbocycles. The molecule has 1 heteroatoms. The second kappa shape index (κ2) is 0.977. The van der Waals surface area contributed by atoms with Crippen molar-refractivity contribution >= 4 is 0 Å². The summed E-state index contributed by atoms with van der Waals surface area (Å²) in [6, 6.07) is 0. The van der Waals surface area contributed by atoms with E-state index in [0.29, 0.717) is 6.10 Å². The molecule has 0 heterocycles. The average molecular weight is 73.1 g/mol. The highest BCUT2D eigenvalue weighted by molar-refractivity contribution is 4.71. The first-order valence-electron chi connectivity index (χ1n) is 2.55. The molecule has 1 saturated carbocycles. The van der Waals surface area contributed by atoms with Crippen molar-refractivity contribution in [2.45, 2.75) is 18.9 Å². The largest absolute Gasteiger partial charge is 0.381 e. The lowest BCUT2D eigenvalue weighted by Gasteiger charge is -1.80. The van der Waals surface area contributed by atoms with E-state index in [1.807, 2.05) is 0 Å². The standard InChI is InChI=1S/C4H8O/c1-5-4-2-3-4/h4H,2-3H2,1H3/i1D. The molecule has 1 rings (SSSR count). The fraction of sp³-hybridized carbons (Fsp3) is 1.00. The molecule has 0 saturated heterocycles. The Labute approximate surface area is 33.3 Å². The minimum atomic E-state index is 0.144. The van der Waals surface area contributed by atoms with Crippen LogP contribution in [0.15, 0.2) is 0 Å². The Hall–Kier alpha value is -0.0400. The molecule has 0 amide bonds. The maximum atomic E-state index is 6.55. The molecular weight excluding hydrogens is 64.0 g/mol. The highest BCUT2D eigenvalue weighted by atomic mass is 16.5. The second-order valence-corrected chi connectivity index (χ2v) is 1.37. The molecule has 1 aliphatic carbocycles. The number of hydrogen-bond donors (Lipinski definition) is 0. The molecule has 1 nitrogen and oxygen atoms in total. The lowest BCUT2D eigenvalue weighted by atomic mass is 10.9. The molecule has 30 valence electrons. The molecule has 5 heavy (non-hydrogen) atoms. The van der Waals surface area contributed by atoms with Gasteiger partial charge in [-0.15, -0.1) is 0 Å². The second-order valence-electron chi connectivity index (χ2n) is 1.37. The van der Waals surface area contributed by atoms with Crippen LogP contribution in [0.4, 0.5) is 0 Å². The highest BCUT2D eigenvalue weighted by Crippen LogP contribution is 2.21. The van der Waals surface area contributed by atoms with E-state index in [0.717, 1.165) is 0 Å². The Morgan fingerprint density at radius 2 is 2.80 bits per heavy atom. The smallest absolute Gasteiger partial charge is 0.0573 e. The average Bonchev–Trinajstić information content (AvgIpc) is 2.21. The molecule has 0 unspecified atom stereocenters. The number of ether oxygens (including phenoxy) is 1. The van der Waals surface area contributed by atoms with Gasteiger partial charge >= 0.3 is 0 Å². The molecule has 0 radical (unpaired) electrons. The minimum Gasteiger partial charge on any atom is -0.381 e. The maximum Gasteiger partial charge on any atom is 0.0573 e. The predicted molar refractivity (Wildman–Crippen MR) is 20.0 cm³/mol. The third-order valence-corrected chi connectivity index (χ3v) is 0.760. The van der Waals surface area contributed by atoms with Crippen molar-refractivity contribution in [2.24, 2.45) is 0 Å². The Morgan fingerprint density at radius 3 is 3.00 bits per heavy atom. The number of methoxy groups -OCH3 is 1. The van der Waals surface area contributed by atoms with Crippen molar-refractivity contribution in [1.82, 2.24) is 0 Å². The monoisotopic (exact) mass is 73.1 g/mol. The predicted octanol–water partition coefficient (Wildman–Crippen LogP) is 0.795. The summed E-state index contributed by atoms with van der Waals surface area (Å²) in [6.45, 7) is 0. The van der Waals surface area contributed by atoms with E-state index in [-0.39, 0.29) is 7.09 Å². The molecular formula is C4H8O. The van der Waals surface area contributed by atoms with E-state index < -0.39 is 0 Å². The van der Waals surface area contributed by atoms with E-state index in [9.17, 15) is 0 Å². The lowest BCUT2D eigenvalue weighted by molar-refractivity contribution is 0.183. The first-order valence-corrected chi connectivity index (χ1v) is 1.84. The van der Waals surface area contributed by atoms with Crippen LogP contribution in [0.1, 0.15) is 14.2 Å². The van der Waals surface area contributed by atoms with Gasteiger partial charge in [0.05, 0.1) is 7.47 Å². The molecule has 0 spiro atoms. The van der Waals surface area contributed by atoms with Gasteiger partial charge in [0.25, 0.3) is 0 Å². The fourth-order valence-electron chi connectivity index (χ4n) is 0.235. The molecule has 0 N–H and O–H groups in total. The topological polar surface area (TPSA) is 9.23 Å². The summed E-state index contributed by atoms with van der Waals surface area (Å²) in [4.78, 5) is 0. The lowest BCUT2D eigenvalue weighted by Crippen LogP contribution is -1.79. The SMILES string of the molecule is [2H]COC1CC1. The summed E-state index contributed by atoms with van der Waals surface area (Å²) in [7, 11) is 0.144. The van der Waals surface area contributed by atoms with E-state index in [2.05, 4.69) is 0 Å². The van der Waals surface area contributed by atoms with Crippen molar-refractivity contribution < 1.29 is 6.11 Å². The molecule has 1 fully saturated rings. The van der Waals surface area contributed by atoms with Crippen molar-refractivity contribution in [3.05, 3.63) is 0 Å². The van der Waals surface area contributed by atoms with Crippen LogP contribution in [0.3, 0.4) is 0 Å². The summed E-state index contributed by atoms with van der Waals surface area (Å²) in [5, 5.41) is 0. The molecule has 0 bridgehead atoms. The van der Waals surface area contributed by atoms with Gasteiger partial charge in [0.1, 0.15) is 0 Å². The Balaban J connectivity index is 1.88. The third-order valence-electron chi connectivity index (χ3n) is 0.760. The highest BCUT2D eigenvalue weighted by Gasteiger charge is 2.19. The van der Waals surface area contributed by atoms with Gasteiger partial charge in [-0.25, -0.2) is 0 Å². The first-order chi connectivity index (χ1) is 2.93. The zero-order chi connectivity index (χ0) is 4.41. The summed E-state index contributed by atoms with van der Waals surface area (Å²) in [5.74, 6) is 0. The number of rotatable bonds is 1. The Kier molecular flexibility index (Phi) is 0.428. The zero-order valence-corrected chi connectivity index (χ0v) is 3.11. The normalized spacial score (nSPS) is 26.0. The maximum absolute atomic E-state index is 6.55. The molecule has 1 aliphatic rings. The van der Waals surface area contributed by atoms with Crippen molar-refractivity contribution in [3.63, 3.8) is 0 Å². The minimum absolute atomic E-state index is 0.144. The first kappa shape index (κ1) is 2.19. The van der Waals surface area contributed by atoms with Crippen molar-refractivity contribution in [2.75, 3.05) is 7.09 Å². The van der Waals surface area contributed by atoms with Crippen molar-refractivity contribution in [3.8, 4) is 0 Å². The summed E-state index contributed by atoms with van der Waals surface area (Å²) < 4.78 is 11.4. The van der Waals surface area contributed by atoms with E-state index >= 15 is 0 Å². The van der Waals surface area contributed by atoms with Gasteiger partial charge in [0.15, 0.2) is 0 Å². The van der Waals surface area contributed by atoms with Crippen LogP contribution in [-0.4, -0.2) is 13.2 Å². The van der Waals surface area contributed by atoms with Gasteiger partial charge in [0, 0.05) is 7.09 Å². The number of hydrogen-bond acceptors (Lipinski definition) is 1. The molecule has 0 atom stereocenters. The Morgan fingerprint density at radius 1 is 2.00 bits per heavy atom. The van der Waals surface area contributed by atoms with Crippen LogP contribution in [0, 0.1) is 0 Å². The summed E-state index contributed by atoms with van der Waals surface area (Å²) in [6.07, 6.45) is 2.82. The van der Waals surface area contributed by atoms with E-state index in [1.165, 1.54) is 12.8 Å².